The molecule has 1 saturated heterocycles. The molecule has 12 heteroatoms. The summed E-state index contributed by atoms with van der Waals surface area (Å²) in [6.07, 6.45) is -1.37. The number of nitrogens with zero attached hydrogens (tertiary/aromatic N) is 1. The third-order valence-electron chi connectivity index (χ3n) is 7.04. The van der Waals surface area contributed by atoms with E-state index in [9.17, 15) is 29.7 Å². The summed E-state index contributed by atoms with van der Waals surface area (Å²) in [6, 6.07) is 6.36. The molecular weight excluding hydrogens is 506 g/mol. The molecule has 39 heavy (non-hydrogen) atoms. The molecule has 0 aromatic heterocycles. The smallest absolute Gasteiger partial charge is 0.245 e. The average Bonchev–Trinajstić information content (AvgIpc) is 2.94. The van der Waals surface area contributed by atoms with Crippen molar-refractivity contribution in [2.45, 2.75) is 43.5 Å². The van der Waals surface area contributed by atoms with E-state index in [2.05, 4.69) is 10.6 Å². The van der Waals surface area contributed by atoms with Crippen LogP contribution in [0.3, 0.4) is 0 Å². The number of amides is 3. The number of carbonyl (C=O) groups is 3. The van der Waals surface area contributed by atoms with E-state index in [4.69, 9.17) is 16.2 Å². The molecule has 4 rings (SSSR count). The predicted octanol–water partition coefficient (Wildman–Crippen LogP) is -1.27. The van der Waals surface area contributed by atoms with Gasteiger partial charge in [0.1, 0.15) is 23.6 Å². The van der Waals surface area contributed by atoms with Crippen LogP contribution in [0.5, 0.6) is 11.5 Å². The van der Waals surface area contributed by atoms with Gasteiger partial charge in [-0.1, -0.05) is 12.1 Å². The largest absolute Gasteiger partial charge is 0.508 e. The molecular formula is C27H35N5O7. The van der Waals surface area contributed by atoms with Crippen molar-refractivity contribution in [1.29, 1.82) is 0 Å². The molecule has 12 nitrogen and oxygen atoms in total. The van der Waals surface area contributed by atoms with Crippen LogP contribution in [0.2, 0.25) is 0 Å². The summed E-state index contributed by atoms with van der Waals surface area (Å²) < 4.78 is 5.35. The zero-order valence-corrected chi connectivity index (χ0v) is 21.5. The summed E-state index contributed by atoms with van der Waals surface area (Å²) in [5.41, 5.74) is 13.9. The second kappa shape index (κ2) is 12.4. The van der Waals surface area contributed by atoms with Gasteiger partial charge in [0.15, 0.2) is 0 Å². The number of phenolic OH excluding ortho intramolecular Hbond substituents is 2. The standard InChI is InChI=1S/C27H35N5O7/c28-14-19(33)13-21-26(37)31-22(27(38)32-5-7-39-8-6-32)12-18-10-16(2-4-24(18)35)15-1-3-23(34)17(9-15)11-20(29)25(36)30-21/h1-4,9-10,19-22,33-35H,5-8,11-14,28-29H2,(H,30,36)(H,31,37)/t19-,20+,21+,22+/m1/s1. The van der Waals surface area contributed by atoms with Crippen LogP contribution in [0.25, 0.3) is 11.1 Å². The van der Waals surface area contributed by atoms with Crippen LogP contribution < -0.4 is 22.1 Å². The van der Waals surface area contributed by atoms with Gasteiger partial charge in [-0.25, -0.2) is 0 Å². The number of nitrogens with one attached hydrogen (secondary N) is 2. The van der Waals surface area contributed by atoms with Crippen LogP contribution >= 0.6 is 0 Å². The molecule has 2 heterocycles. The SMILES string of the molecule is NC[C@H](O)C[C@@H]1NC(=O)[C@@H](N)Cc2cc(ccc2O)-c2ccc(O)c(c2)C[C@@H](C(=O)N2CCOCC2)NC1=O. The number of fused-ring (bicyclic) bond motifs is 5. The molecule has 2 aliphatic heterocycles. The van der Waals surface area contributed by atoms with E-state index in [0.717, 1.165) is 0 Å². The Bertz CT molecular complexity index is 1220. The minimum atomic E-state index is -1.24. The second-order valence-electron chi connectivity index (χ2n) is 9.89. The van der Waals surface area contributed by atoms with Crippen LogP contribution in [-0.4, -0.2) is 95.0 Å². The summed E-state index contributed by atoms with van der Waals surface area (Å²) in [5.74, 6) is -1.85. The van der Waals surface area contributed by atoms with E-state index in [1.807, 2.05) is 0 Å². The monoisotopic (exact) mass is 541 g/mol. The average molecular weight is 542 g/mol. The molecule has 4 atom stereocenters. The zero-order chi connectivity index (χ0) is 28.1. The van der Waals surface area contributed by atoms with Gasteiger partial charge in [-0.05, 0) is 46.5 Å². The summed E-state index contributed by atoms with van der Waals surface area (Å²) in [7, 11) is 0. The molecule has 0 saturated carbocycles. The van der Waals surface area contributed by atoms with E-state index in [1.165, 1.54) is 12.1 Å². The van der Waals surface area contributed by atoms with Crippen molar-refractivity contribution in [1.82, 2.24) is 15.5 Å². The van der Waals surface area contributed by atoms with Gasteiger partial charge in [0.25, 0.3) is 0 Å². The van der Waals surface area contributed by atoms with Gasteiger partial charge < -0.3 is 47.1 Å². The molecule has 4 bridgehead atoms. The normalized spacial score (nSPS) is 23.2. The molecule has 0 aliphatic carbocycles. The van der Waals surface area contributed by atoms with Crippen molar-refractivity contribution in [3.63, 3.8) is 0 Å². The molecule has 2 aliphatic rings. The predicted molar refractivity (Wildman–Crippen MR) is 142 cm³/mol. The number of aromatic hydroxyl groups is 2. The molecule has 3 amide bonds. The second-order valence-corrected chi connectivity index (χ2v) is 9.89. The van der Waals surface area contributed by atoms with Crippen LogP contribution in [0.15, 0.2) is 36.4 Å². The number of benzene rings is 2. The first-order valence-electron chi connectivity index (χ1n) is 12.9. The zero-order valence-electron chi connectivity index (χ0n) is 21.5. The first-order chi connectivity index (χ1) is 18.7. The highest BCUT2D eigenvalue weighted by atomic mass is 16.5. The minimum Gasteiger partial charge on any atom is -0.508 e. The lowest BCUT2D eigenvalue weighted by molar-refractivity contribution is -0.140. The Hall–Kier alpha value is -3.71. The number of hydrogen-bond donors (Lipinski definition) is 7. The number of carbonyl (C=O) groups excluding carboxylic acids is 3. The van der Waals surface area contributed by atoms with Crippen LogP contribution in [0.4, 0.5) is 0 Å². The molecule has 9 N–H and O–H groups in total. The lowest BCUT2D eigenvalue weighted by Crippen LogP contribution is -2.58. The molecule has 2 aromatic carbocycles. The molecule has 2 aromatic rings. The molecule has 0 unspecified atom stereocenters. The van der Waals surface area contributed by atoms with Crippen molar-refractivity contribution in [3.8, 4) is 22.6 Å². The summed E-state index contributed by atoms with van der Waals surface area (Å²) >= 11 is 0. The number of rotatable bonds is 4. The lowest BCUT2D eigenvalue weighted by atomic mass is 9.95. The highest BCUT2D eigenvalue weighted by Gasteiger charge is 2.33. The van der Waals surface area contributed by atoms with Crippen molar-refractivity contribution in [2.24, 2.45) is 11.5 Å². The van der Waals surface area contributed by atoms with Crippen LogP contribution in [0, 0.1) is 0 Å². The van der Waals surface area contributed by atoms with Crippen LogP contribution in [0.1, 0.15) is 17.5 Å². The molecule has 0 spiro atoms. The van der Waals surface area contributed by atoms with E-state index < -0.39 is 36.0 Å². The fourth-order valence-corrected chi connectivity index (χ4v) is 4.76. The van der Waals surface area contributed by atoms with Crippen molar-refractivity contribution < 1.29 is 34.4 Å². The Labute approximate surface area is 225 Å². The topological polar surface area (TPSA) is 200 Å². The van der Waals surface area contributed by atoms with E-state index in [0.29, 0.717) is 48.6 Å². The maximum atomic E-state index is 13.6. The van der Waals surface area contributed by atoms with Gasteiger partial charge in [-0.15, -0.1) is 0 Å². The Morgan fingerprint density at radius 3 is 2.15 bits per heavy atom. The fourth-order valence-electron chi connectivity index (χ4n) is 4.76. The molecule has 1 fully saturated rings. The van der Waals surface area contributed by atoms with E-state index in [1.54, 1.807) is 29.2 Å². The van der Waals surface area contributed by atoms with Gasteiger partial charge >= 0.3 is 0 Å². The number of nitrogens with two attached hydrogens (primary N) is 2. The highest BCUT2D eigenvalue weighted by Crippen LogP contribution is 2.31. The van der Waals surface area contributed by atoms with Gasteiger partial charge in [-0.2, -0.15) is 0 Å². The number of morpholine rings is 1. The summed E-state index contributed by atoms with van der Waals surface area (Å²) in [6.45, 7) is 1.25. The first-order valence-corrected chi connectivity index (χ1v) is 12.9. The Kier molecular flexibility index (Phi) is 9.02. The van der Waals surface area contributed by atoms with Crippen molar-refractivity contribution in [2.75, 3.05) is 32.8 Å². The maximum Gasteiger partial charge on any atom is 0.245 e. The molecule has 210 valence electrons. The number of aliphatic hydroxyl groups excluding tert-OH is 1. The third-order valence-corrected chi connectivity index (χ3v) is 7.04. The Morgan fingerprint density at radius 2 is 1.56 bits per heavy atom. The molecule has 0 radical (unpaired) electrons. The van der Waals surface area contributed by atoms with Crippen molar-refractivity contribution in [3.05, 3.63) is 47.5 Å². The van der Waals surface area contributed by atoms with Gasteiger partial charge in [-0.3, -0.25) is 14.4 Å². The first kappa shape index (κ1) is 28.3. The summed E-state index contributed by atoms with van der Waals surface area (Å²) in [4.78, 5) is 41.6. The van der Waals surface area contributed by atoms with Gasteiger partial charge in [0.2, 0.25) is 17.7 Å². The fraction of sp³-hybridized carbons (Fsp3) is 0.444. The number of phenols is 2. The van der Waals surface area contributed by atoms with E-state index >= 15 is 0 Å². The Morgan fingerprint density at radius 1 is 0.974 bits per heavy atom. The number of aliphatic hydroxyl groups is 1. The lowest BCUT2D eigenvalue weighted by Gasteiger charge is -2.32. The van der Waals surface area contributed by atoms with Crippen LogP contribution in [-0.2, 0) is 32.0 Å². The quantitative estimate of drug-likeness (QED) is 0.246. The van der Waals surface area contributed by atoms with E-state index in [-0.39, 0.29) is 43.2 Å². The number of ether oxygens (including phenoxy) is 1. The van der Waals surface area contributed by atoms with Crippen molar-refractivity contribution >= 4 is 17.7 Å². The number of hydrogen-bond acceptors (Lipinski definition) is 9. The third kappa shape index (κ3) is 6.84. The maximum absolute atomic E-state index is 13.6. The Balaban J connectivity index is 1.78. The van der Waals surface area contributed by atoms with Gasteiger partial charge in [0.05, 0.1) is 25.4 Å². The highest BCUT2D eigenvalue weighted by molar-refractivity contribution is 5.93. The van der Waals surface area contributed by atoms with Gasteiger partial charge in [0, 0.05) is 38.9 Å². The summed E-state index contributed by atoms with van der Waals surface area (Å²) in [5, 5.41) is 36.6. The minimum absolute atomic E-state index is 0.0254.